The minimum absolute atomic E-state index is 0.0814. The fourth-order valence-corrected chi connectivity index (χ4v) is 4.27. The molecule has 1 aliphatic heterocycles. The second-order valence-electron chi connectivity index (χ2n) is 7.81. The average Bonchev–Trinajstić information content (AvgIpc) is 3.23. The highest BCUT2D eigenvalue weighted by Gasteiger charge is 2.18. The molecule has 1 saturated heterocycles. The van der Waals surface area contributed by atoms with Crippen molar-refractivity contribution in [3.63, 3.8) is 0 Å². The summed E-state index contributed by atoms with van der Waals surface area (Å²) in [6, 6.07) is 14.1. The van der Waals surface area contributed by atoms with Crippen molar-refractivity contribution in [3.05, 3.63) is 53.6 Å². The second-order valence-corrected chi connectivity index (χ2v) is 8.75. The first-order valence-corrected chi connectivity index (χ1v) is 11.3. The van der Waals surface area contributed by atoms with Gasteiger partial charge >= 0.3 is 0 Å². The minimum Gasteiger partial charge on any atom is -0.367 e. The minimum atomic E-state index is -0.0814. The van der Waals surface area contributed by atoms with Crippen LogP contribution in [-0.4, -0.2) is 70.0 Å². The van der Waals surface area contributed by atoms with Crippen LogP contribution in [0.25, 0.3) is 5.69 Å². The Bertz CT molecular complexity index is 1060. The van der Waals surface area contributed by atoms with Gasteiger partial charge < -0.3 is 15.1 Å². The van der Waals surface area contributed by atoms with Gasteiger partial charge in [-0.05, 0) is 60.6 Å². The van der Waals surface area contributed by atoms with Crippen LogP contribution in [0.1, 0.15) is 11.1 Å². The summed E-state index contributed by atoms with van der Waals surface area (Å²) in [7, 11) is 2.13. The summed E-state index contributed by atoms with van der Waals surface area (Å²) in [5.74, 6) is 0.143. The normalized spacial score (nSPS) is 14.6. The maximum absolute atomic E-state index is 12.7. The fraction of sp³-hybridized carbons (Fsp3) is 0.364. The van der Waals surface area contributed by atoms with Crippen LogP contribution in [0.4, 0.5) is 11.4 Å². The molecule has 0 bridgehead atoms. The molecule has 1 amide bonds. The van der Waals surface area contributed by atoms with Crippen molar-refractivity contribution in [2.75, 3.05) is 49.2 Å². The lowest BCUT2D eigenvalue weighted by Crippen LogP contribution is -2.44. The van der Waals surface area contributed by atoms with Gasteiger partial charge in [-0.2, -0.15) is 4.68 Å². The predicted octanol–water partition coefficient (Wildman–Crippen LogP) is 2.76. The molecule has 3 aromatic rings. The number of amides is 1. The number of aryl methyl sites for hydroxylation is 2. The Morgan fingerprint density at radius 1 is 1.06 bits per heavy atom. The lowest BCUT2D eigenvalue weighted by atomic mass is 10.1. The summed E-state index contributed by atoms with van der Waals surface area (Å²) in [5.41, 5.74) is 5.03. The molecule has 2 heterocycles. The standard InChI is InChI=1S/C22H27N7OS/c1-16-8-9-17(2)20(14-16)29-22(24-25-26-29)31-15-21(30)23-18-6-4-5-7-19(18)28-12-10-27(3)11-13-28/h4-9,14H,10-13,15H2,1-3H3,(H,23,30). The van der Waals surface area contributed by atoms with Crippen LogP contribution in [0.3, 0.4) is 0 Å². The van der Waals surface area contributed by atoms with E-state index in [4.69, 9.17) is 0 Å². The van der Waals surface area contributed by atoms with Crippen LogP contribution >= 0.6 is 11.8 Å². The number of likely N-dealkylation sites (N-methyl/N-ethyl adjacent to an activating group) is 1. The highest BCUT2D eigenvalue weighted by Crippen LogP contribution is 2.27. The van der Waals surface area contributed by atoms with Gasteiger partial charge in [-0.25, -0.2) is 0 Å². The van der Waals surface area contributed by atoms with Gasteiger partial charge in [0.15, 0.2) is 0 Å². The van der Waals surface area contributed by atoms with Gasteiger partial charge in [0, 0.05) is 26.2 Å². The molecule has 0 atom stereocenters. The second kappa shape index (κ2) is 9.49. The summed E-state index contributed by atoms with van der Waals surface area (Å²) in [4.78, 5) is 17.4. The maximum Gasteiger partial charge on any atom is 0.234 e. The van der Waals surface area contributed by atoms with E-state index in [-0.39, 0.29) is 11.7 Å². The number of anilines is 2. The van der Waals surface area contributed by atoms with Gasteiger partial charge in [-0.1, -0.05) is 36.0 Å². The molecular weight excluding hydrogens is 410 g/mol. The Morgan fingerprint density at radius 2 is 1.84 bits per heavy atom. The maximum atomic E-state index is 12.7. The van der Waals surface area contributed by atoms with E-state index in [1.807, 2.05) is 44.2 Å². The molecule has 0 spiro atoms. The Balaban J connectivity index is 1.43. The molecule has 0 radical (unpaired) electrons. The molecule has 1 fully saturated rings. The lowest BCUT2D eigenvalue weighted by molar-refractivity contribution is -0.113. The number of nitrogens with zero attached hydrogens (tertiary/aromatic N) is 6. The monoisotopic (exact) mass is 437 g/mol. The van der Waals surface area contributed by atoms with Crippen molar-refractivity contribution in [1.82, 2.24) is 25.1 Å². The Morgan fingerprint density at radius 3 is 2.65 bits per heavy atom. The van der Waals surface area contributed by atoms with E-state index in [1.165, 1.54) is 11.8 Å². The van der Waals surface area contributed by atoms with Gasteiger partial charge in [0.25, 0.3) is 0 Å². The van der Waals surface area contributed by atoms with Crippen LogP contribution < -0.4 is 10.2 Å². The van der Waals surface area contributed by atoms with Gasteiger partial charge in [-0.15, -0.1) is 5.10 Å². The number of thioether (sulfide) groups is 1. The van der Waals surface area contributed by atoms with Crippen molar-refractivity contribution in [2.24, 2.45) is 0 Å². The number of piperazine rings is 1. The van der Waals surface area contributed by atoms with E-state index >= 15 is 0 Å². The third kappa shape index (κ3) is 5.05. The fourth-order valence-electron chi connectivity index (χ4n) is 3.59. The molecule has 9 heteroatoms. The van der Waals surface area contributed by atoms with E-state index in [9.17, 15) is 4.79 Å². The van der Waals surface area contributed by atoms with Gasteiger partial charge in [0.1, 0.15) is 0 Å². The average molecular weight is 438 g/mol. The molecule has 0 unspecified atom stereocenters. The number of hydrogen-bond donors (Lipinski definition) is 1. The third-order valence-electron chi connectivity index (χ3n) is 5.39. The molecule has 4 rings (SSSR count). The van der Waals surface area contributed by atoms with Crippen LogP contribution in [0.2, 0.25) is 0 Å². The number of rotatable bonds is 6. The zero-order valence-corrected chi connectivity index (χ0v) is 18.9. The van der Waals surface area contributed by atoms with Crippen molar-refractivity contribution >= 4 is 29.0 Å². The molecule has 31 heavy (non-hydrogen) atoms. The van der Waals surface area contributed by atoms with E-state index in [0.29, 0.717) is 5.16 Å². The number of para-hydroxylation sites is 2. The molecule has 1 aromatic heterocycles. The molecule has 162 valence electrons. The van der Waals surface area contributed by atoms with E-state index in [0.717, 1.165) is 54.4 Å². The number of aromatic nitrogens is 4. The molecule has 8 nitrogen and oxygen atoms in total. The van der Waals surface area contributed by atoms with Crippen molar-refractivity contribution in [3.8, 4) is 5.69 Å². The zero-order valence-electron chi connectivity index (χ0n) is 18.1. The number of nitrogens with one attached hydrogen (secondary N) is 1. The van der Waals surface area contributed by atoms with Gasteiger partial charge in [0.05, 0.1) is 22.8 Å². The van der Waals surface area contributed by atoms with E-state index in [1.54, 1.807) is 4.68 Å². The first kappa shape index (κ1) is 21.3. The highest BCUT2D eigenvalue weighted by atomic mass is 32.2. The first-order chi connectivity index (χ1) is 15.0. The predicted molar refractivity (Wildman–Crippen MR) is 124 cm³/mol. The quantitative estimate of drug-likeness (QED) is 0.594. The number of hydrogen-bond acceptors (Lipinski definition) is 7. The smallest absolute Gasteiger partial charge is 0.234 e. The van der Waals surface area contributed by atoms with Crippen molar-refractivity contribution < 1.29 is 4.79 Å². The molecular formula is C22H27N7OS. The lowest BCUT2D eigenvalue weighted by Gasteiger charge is -2.35. The number of carbonyl (C=O) groups is 1. The Labute approximate surface area is 186 Å². The molecule has 1 N–H and O–H groups in total. The molecule has 0 saturated carbocycles. The van der Waals surface area contributed by atoms with Gasteiger partial charge in [-0.3, -0.25) is 4.79 Å². The van der Waals surface area contributed by atoms with Crippen molar-refractivity contribution in [1.29, 1.82) is 0 Å². The van der Waals surface area contributed by atoms with E-state index < -0.39 is 0 Å². The number of tetrazole rings is 1. The van der Waals surface area contributed by atoms with Crippen LogP contribution in [-0.2, 0) is 4.79 Å². The van der Waals surface area contributed by atoms with Crippen molar-refractivity contribution in [2.45, 2.75) is 19.0 Å². The Kier molecular flexibility index (Phi) is 6.53. The first-order valence-electron chi connectivity index (χ1n) is 10.3. The number of benzene rings is 2. The van der Waals surface area contributed by atoms with E-state index in [2.05, 4.69) is 49.8 Å². The van der Waals surface area contributed by atoms with Crippen LogP contribution in [0.15, 0.2) is 47.6 Å². The molecule has 1 aliphatic rings. The Hall–Kier alpha value is -2.91. The third-order valence-corrected chi connectivity index (χ3v) is 6.31. The van der Waals surface area contributed by atoms with Gasteiger partial charge in [0.2, 0.25) is 11.1 Å². The summed E-state index contributed by atoms with van der Waals surface area (Å²) in [6.45, 7) is 7.97. The molecule has 0 aliphatic carbocycles. The van der Waals surface area contributed by atoms with Crippen LogP contribution in [0, 0.1) is 13.8 Å². The largest absolute Gasteiger partial charge is 0.367 e. The summed E-state index contributed by atoms with van der Waals surface area (Å²) in [5, 5.41) is 15.7. The van der Waals surface area contributed by atoms with Crippen LogP contribution in [0.5, 0.6) is 0 Å². The summed E-state index contributed by atoms with van der Waals surface area (Å²) in [6.07, 6.45) is 0. The summed E-state index contributed by atoms with van der Waals surface area (Å²) < 4.78 is 1.69. The molecule has 2 aromatic carbocycles. The topological polar surface area (TPSA) is 79.2 Å². The summed E-state index contributed by atoms with van der Waals surface area (Å²) >= 11 is 1.33. The number of carbonyl (C=O) groups excluding carboxylic acids is 1. The highest BCUT2D eigenvalue weighted by molar-refractivity contribution is 7.99. The SMILES string of the molecule is Cc1ccc(C)c(-n2nnnc2SCC(=O)Nc2ccccc2N2CCN(C)CC2)c1. The zero-order chi connectivity index (χ0) is 21.8.